The second kappa shape index (κ2) is 4.72. The van der Waals surface area contributed by atoms with Crippen molar-refractivity contribution in [3.63, 3.8) is 0 Å². The fourth-order valence-electron chi connectivity index (χ4n) is 2.02. The SMILES string of the molecule is Cc1ccc(C)c(NC(=O)C2C=CC(N)C2)c1. The second-order valence-corrected chi connectivity index (χ2v) is 4.70. The van der Waals surface area contributed by atoms with Crippen LogP contribution in [0.3, 0.4) is 0 Å². The number of aryl methyl sites for hydroxylation is 2. The molecule has 2 unspecified atom stereocenters. The number of carbonyl (C=O) groups is 1. The van der Waals surface area contributed by atoms with Crippen LogP contribution in [-0.2, 0) is 4.79 Å². The first-order valence-corrected chi connectivity index (χ1v) is 5.88. The number of carbonyl (C=O) groups excluding carboxylic acids is 1. The van der Waals surface area contributed by atoms with E-state index in [0.29, 0.717) is 6.42 Å². The average molecular weight is 230 g/mol. The van der Waals surface area contributed by atoms with E-state index in [9.17, 15) is 4.79 Å². The number of benzene rings is 1. The van der Waals surface area contributed by atoms with Gasteiger partial charge in [0.2, 0.25) is 5.91 Å². The monoisotopic (exact) mass is 230 g/mol. The summed E-state index contributed by atoms with van der Waals surface area (Å²) in [7, 11) is 0. The maximum absolute atomic E-state index is 12.0. The van der Waals surface area contributed by atoms with Gasteiger partial charge >= 0.3 is 0 Å². The van der Waals surface area contributed by atoms with Gasteiger partial charge in [-0.3, -0.25) is 4.79 Å². The van der Waals surface area contributed by atoms with Crippen LogP contribution in [0, 0.1) is 19.8 Å². The predicted molar refractivity (Wildman–Crippen MR) is 69.8 cm³/mol. The predicted octanol–water partition coefficient (Wildman–Crippen LogP) is 2.15. The molecule has 2 rings (SSSR count). The zero-order valence-corrected chi connectivity index (χ0v) is 10.2. The molecule has 0 bridgehead atoms. The lowest BCUT2D eigenvalue weighted by molar-refractivity contribution is -0.118. The van der Waals surface area contributed by atoms with Crippen molar-refractivity contribution in [1.29, 1.82) is 0 Å². The molecule has 0 saturated carbocycles. The van der Waals surface area contributed by atoms with Gasteiger partial charge < -0.3 is 11.1 Å². The number of hydrogen-bond donors (Lipinski definition) is 2. The first kappa shape index (κ1) is 11.9. The Kier molecular flexibility index (Phi) is 3.29. The highest BCUT2D eigenvalue weighted by Crippen LogP contribution is 2.21. The largest absolute Gasteiger partial charge is 0.325 e. The van der Waals surface area contributed by atoms with Crippen molar-refractivity contribution in [2.24, 2.45) is 11.7 Å². The molecule has 1 aromatic rings. The Morgan fingerprint density at radius 1 is 1.35 bits per heavy atom. The highest BCUT2D eigenvalue weighted by Gasteiger charge is 2.22. The number of anilines is 1. The fourth-order valence-corrected chi connectivity index (χ4v) is 2.02. The van der Waals surface area contributed by atoms with Gasteiger partial charge in [0, 0.05) is 11.7 Å². The van der Waals surface area contributed by atoms with Crippen LogP contribution in [-0.4, -0.2) is 11.9 Å². The standard InChI is InChI=1S/C14H18N2O/c1-9-3-4-10(2)13(7-9)16-14(17)11-5-6-12(15)8-11/h3-7,11-12H,8,15H2,1-2H3,(H,16,17). The van der Waals surface area contributed by atoms with E-state index in [0.717, 1.165) is 16.8 Å². The van der Waals surface area contributed by atoms with E-state index >= 15 is 0 Å². The number of amides is 1. The smallest absolute Gasteiger partial charge is 0.231 e. The molecule has 1 amide bonds. The molecule has 0 spiro atoms. The molecule has 0 aliphatic heterocycles. The minimum atomic E-state index is -0.0927. The van der Waals surface area contributed by atoms with E-state index < -0.39 is 0 Å². The molecule has 3 heteroatoms. The van der Waals surface area contributed by atoms with Gasteiger partial charge in [-0.05, 0) is 37.5 Å². The third-order valence-electron chi connectivity index (χ3n) is 3.10. The quantitative estimate of drug-likeness (QED) is 0.765. The summed E-state index contributed by atoms with van der Waals surface area (Å²) in [5.74, 6) is -0.0622. The fraction of sp³-hybridized carbons (Fsp3) is 0.357. The van der Waals surface area contributed by atoms with Gasteiger partial charge in [0.15, 0.2) is 0 Å². The van der Waals surface area contributed by atoms with Crippen LogP contribution < -0.4 is 11.1 Å². The lowest BCUT2D eigenvalue weighted by Gasteiger charge is -2.13. The van der Waals surface area contributed by atoms with Gasteiger partial charge in [0.1, 0.15) is 0 Å². The summed E-state index contributed by atoms with van der Waals surface area (Å²) in [5, 5.41) is 2.97. The Morgan fingerprint density at radius 3 is 2.76 bits per heavy atom. The zero-order valence-electron chi connectivity index (χ0n) is 10.2. The summed E-state index contributed by atoms with van der Waals surface area (Å²) in [6, 6.07) is 6.06. The van der Waals surface area contributed by atoms with Crippen LogP contribution in [0.5, 0.6) is 0 Å². The topological polar surface area (TPSA) is 55.1 Å². The molecule has 0 radical (unpaired) electrons. The highest BCUT2D eigenvalue weighted by molar-refractivity contribution is 5.94. The van der Waals surface area contributed by atoms with Gasteiger partial charge in [0.25, 0.3) is 0 Å². The first-order valence-electron chi connectivity index (χ1n) is 5.88. The summed E-state index contributed by atoms with van der Waals surface area (Å²) < 4.78 is 0. The Hall–Kier alpha value is -1.61. The van der Waals surface area contributed by atoms with Crippen LogP contribution in [0.1, 0.15) is 17.5 Å². The van der Waals surface area contributed by atoms with Crippen LogP contribution in [0.15, 0.2) is 30.4 Å². The van der Waals surface area contributed by atoms with Gasteiger partial charge in [-0.25, -0.2) is 0 Å². The normalized spacial score (nSPS) is 22.8. The van der Waals surface area contributed by atoms with Crippen molar-refractivity contribution in [3.05, 3.63) is 41.5 Å². The Morgan fingerprint density at radius 2 is 2.12 bits per heavy atom. The first-order chi connectivity index (χ1) is 8.06. The lowest BCUT2D eigenvalue weighted by atomic mass is 10.1. The second-order valence-electron chi connectivity index (χ2n) is 4.70. The highest BCUT2D eigenvalue weighted by atomic mass is 16.1. The number of nitrogens with two attached hydrogens (primary N) is 1. The average Bonchev–Trinajstić information content (AvgIpc) is 2.70. The molecule has 3 N–H and O–H groups in total. The maximum Gasteiger partial charge on any atom is 0.231 e. The maximum atomic E-state index is 12.0. The van der Waals surface area contributed by atoms with Crippen LogP contribution in [0.2, 0.25) is 0 Å². The molecule has 17 heavy (non-hydrogen) atoms. The lowest BCUT2D eigenvalue weighted by Crippen LogP contribution is -2.24. The van der Waals surface area contributed by atoms with Crippen LogP contribution in [0.4, 0.5) is 5.69 Å². The van der Waals surface area contributed by atoms with Gasteiger partial charge in [-0.15, -0.1) is 0 Å². The van der Waals surface area contributed by atoms with E-state index in [4.69, 9.17) is 5.73 Å². The molecule has 3 nitrogen and oxygen atoms in total. The van der Waals surface area contributed by atoms with E-state index in [1.807, 2.05) is 44.2 Å². The molecule has 0 heterocycles. The molecule has 0 saturated heterocycles. The Bertz CT molecular complexity index is 465. The van der Waals surface area contributed by atoms with Gasteiger partial charge in [-0.1, -0.05) is 24.3 Å². The van der Waals surface area contributed by atoms with Crippen molar-refractivity contribution in [1.82, 2.24) is 0 Å². The summed E-state index contributed by atoms with van der Waals surface area (Å²) in [6.07, 6.45) is 4.50. The summed E-state index contributed by atoms with van der Waals surface area (Å²) >= 11 is 0. The van der Waals surface area contributed by atoms with E-state index in [-0.39, 0.29) is 17.9 Å². The van der Waals surface area contributed by atoms with Crippen molar-refractivity contribution in [2.75, 3.05) is 5.32 Å². The van der Waals surface area contributed by atoms with E-state index in [2.05, 4.69) is 5.32 Å². The van der Waals surface area contributed by atoms with Crippen molar-refractivity contribution < 1.29 is 4.79 Å². The third-order valence-corrected chi connectivity index (χ3v) is 3.10. The molecule has 1 aliphatic carbocycles. The zero-order chi connectivity index (χ0) is 12.4. The molecule has 90 valence electrons. The van der Waals surface area contributed by atoms with Crippen molar-refractivity contribution >= 4 is 11.6 Å². The summed E-state index contributed by atoms with van der Waals surface area (Å²) in [6.45, 7) is 4.01. The van der Waals surface area contributed by atoms with Crippen LogP contribution >= 0.6 is 0 Å². The summed E-state index contributed by atoms with van der Waals surface area (Å²) in [5.41, 5.74) is 8.86. The third kappa shape index (κ3) is 2.74. The Balaban J connectivity index is 2.08. The van der Waals surface area contributed by atoms with Gasteiger partial charge in [-0.2, -0.15) is 0 Å². The van der Waals surface area contributed by atoms with Crippen molar-refractivity contribution in [2.45, 2.75) is 26.3 Å². The number of nitrogens with one attached hydrogen (secondary N) is 1. The van der Waals surface area contributed by atoms with Crippen LogP contribution in [0.25, 0.3) is 0 Å². The molecule has 1 aliphatic rings. The van der Waals surface area contributed by atoms with E-state index in [1.54, 1.807) is 0 Å². The minimum Gasteiger partial charge on any atom is -0.325 e. The minimum absolute atomic E-state index is 0.0179. The Labute approximate surface area is 102 Å². The van der Waals surface area contributed by atoms with Crippen molar-refractivity contribution in [3.8, 4) is 0 Å². The number of rotatable bonds is 2. The molecular weight excluding hydrogens is 212 g/mol. The molecule has 0 aromatic heterocycles. The molecular formula is C14H18N2O. The van der Waals surface area contributed by atoms with Gasteiger partial charge in [0.05, 0.1) is 5.92 Å². The number of hydrogen-bond acceptors (Lipinski definition) is 2. The molecule has 0 fully saturated rings. The van der Waals surface area contributed by atoms with E-state index in [1.165, 1.54) is 0 Å². The molecule has 2 atom stereocenters. The molecule has 1 aromatic carbocycles. The summed E-state index contributed by atoms with van der Waals surface area (Å²) in [4.78, 5) is 12.0.